The number of nitrogens with one attached hydrogen (secondary N) is 1. The third-order valence-electron chi connectivity index (χ3n) is 5.45. The van der Waals surface area contributed by atoms with Crippen molar-refractivity contribution in [2.24, 2.45) is 5.73 Å². The second kappa shape index (κ2) is 8.89. The van der Waals surface area contributed by atoms with E-state index in [1.165, 1.54) is 18.5 Å². The molecule has 0 unspecified atom stereocenters. The topological polar surface area (TPSA) is 132 Å². The summed E-state index contributed by atoms with van der Waals surface area (Å²) >= 11 is 0. The number of carboxylic acid groups (broad SMARTS) is 1. The molecule has 4 N–H and O–H groups in total. The molecular weight excluding hydrogens is 410 g/mol. The summed E-state index contributed by atoms with van der Waals surface area (Å²) in [6.07, 6.45) is 1.80. The van der Waals surface area contributed by atoms with Gasteiger partial charge in [-0.2, -0.15) is 0 Å². The minimum absolute atomic E-state index is 0.0743. The number of hydrogen-bond acceptors (Lipinski definition) is 5. The van der Waals surface area contributed by atoms with Crippen LogP contribution in [0, 0.1) is 0 Å². The molecule has 1 aromatic heterocycles. The number of ether oxygens (including phenoxy) is 1. The van der Waals surface area contributed by atoms with Crippen LogP contribution in [-0.2, 0) is 16.0 Å². The monoisotopic (exact) mass is 431 g/mol. The van der Waals surface area contributed by atoms with Crippen LogP contribution in [0.5, 0.6) is 0 Å². The maximum absolute atomic E-state index is 12.4. The molecule has 0 bridgehead atoms. The predicted octanol–water partition coefficient (Wildman–Crippen LogP) is 2.71. The number of rotatable bonds is 7. The van der Waals surface area contributed by atoms with Crippen molar-refractivity contribution in [3.63, 3.8) is 0 Å². The van der Waals surface area contributed by atoms with Crippen LogP contribution in [0.25, 0.3) is 11.1 Å². The number of benzene rings is 2. The van der Waals surface area contributed by atoms with Gasteiger partial charge in [0, 0.05) is 24.7 Å². The molecule has 0 spiro atoms. The van der Waals surface area contributed by atoms with E-state index < -0.39 is 24.0 Å². The highest BCUT2D eigenvalue weighted by atomic mass is 16.5. The molecule has 1 atom stereocenters. The molecule has 2 aromatic carbocycles. The number of hydrogen-bond donors (Lipinski definition) is 3. The largest absolute Gasteiger partial charge is 0.480 e. The minimum atomic E-state index is -1.25. The van der Waals surface area contributed by atoms with E-state index in [-0.39, 0.29) is 24.5 Å². The first-order valence-corrected chi connectivity index (χ1v) is 10.0. The summed E-state index contributed by atoms with van der Waals surface area (Å²) in [5, 5.41) is 11.9. The number of carbonyl (C=O) groups is 3. The van der Waals surface area contributed by atoms with Crippen LogP contribution in [0.15, 0.2) is 67.0 Å². The van der Waals surface area contributed by atoms with Crippen LogP contribution in [-0.4, -0.2) is 40.7 Å². The van der Waals surface area contributed by atoms with E-state index in [4.69, 9.17) is 10.5 Å². The van der Waals surface area contributed by atoms with E-state index in [2.05, 4.69) is 10.3 Å². The summed E-state index contributed by atoms with van der Waals surface area (Å²) in [6, 6.07) is 16.1. The number of aliphatic carboxylic acids is 1. The fourth-order valence-corrected chi connectivity index (χ4v) is 3.95. The average molecular weight is 431 g/mol. The van der Waals surface area contributed by atoms with E-state index in [9.17, 15) is 19.5 Å². The smallest absolute Gasteiger partial charge is 0.407 e. The van der Waals surface area contributed by atoms with Gasteiger partial charge in [-0.25, -0.2) is 9.59 Å². The molecule has 3 aromatic rings. The van der Waals surface area contributed by atoms with Gasteiger partial charge in [-0.15, -0.1) is 0 Å². The van der Waals surface area contributed by atoms with E-state index in [1.54, 1.807) is 0 Å². The molecule has 0 radical (unpaired) electrons. The average Bonchev–Trinajstić information content (AvgIpc) is 3.11. The number of carbonyl (C=O) groups excluding carboxylic acids is 2. The van der Waals surface area contributed by atoms with E-state index in [0.717, 1.165) is 22.3 Å². The lowest BCUT2D eigenvalue weighted by molar-refractivity contribution is -0.139. The van der Waals surface area contributed by atoms with E-state index >= 15 is 0 Å². The molecule has 162 valence electrons. The third kappa shape index (κ3) is 4.29. The van der Waals surface area contributed by atoms with Gasteiger partial charge in [-0.1, -0.05) is 48.5 Å². The Hall–Kier alpha value is -4.20. The highest BCUT2D eigenvalue weighted by Crippen LogP contribution is 2.44. The standard InChI is InChI=1S/C24H21N3O5/c25-22(28)15-9-14(11-26-12-15)10-21(23(29)30)27-24(31)32-13-20-18-7-3-1-5-16(18)17-6-2-4-8-19(17)20/h1-9,11-12,20-21H,10,13H2,(H2,25,28)(H,27,31)(H,29,30)/t21-/m0/s1. The molecule has 0 aliphatic heterocycles. The Labute approximate surface area is 184 Å². The quantitative estimate of drug-likeness (QED) is 0.527. The van der Waals surface area contributed by atoms with Crippen molar-refractivity contribution in [1.29, 1.82) is 0 Å². The van der Waals surface area contributed by atoms with Crippen LogP contribution in [0.3, 0.4) is 0 Å². The Kier molecular flexibility index (Phi) is 5.85. The lowest BCUT2D eigenvalue weighted by Crippen LogP contribution is -2.43. The lowest BCUT2D eigenvalue weighted by Gasteiger charge is -2.17. The molecule has 4 rings (SSSR count). The van der Waals surface area contributed by atoms with Crippen molar-refractivity contribution in [3.05, 3.63) is 89.2 Å². The maximum atomic E-state index is 12.4. The van der Waals surface area contributed by atoms with Gasteiger partial charge in [-0.05, 0) is 33.9 Å². The Morgan fingerprint density at radius 3 is 2.25 bits per heavy atom. The first kappa shape index (κ1) is 21.0. The van der Waals surface area contributed by atoms with Gasteiger partial charge >= 0.3 is 12.1 Å². The van der Waals surface area contributed by atoms with Crippen molar-refractivity contribution < 1.29 is 24.2 Å². The first-order chi connectivity index (χ1) is 15.4. The summed E-state index contributed by atoms with van der Waals surface area (Å²) in [4.78, 5) is 39.3. The second-order valence-corrected chi connectivity index (χ2v) is 7.51. The van der Waals surface area contributed by atoms with Gasteiger partial charge in [0.05, 0.1) is 5.56 Å². The highest BCUT2D eigenvalue weighted by Gasteiger charge is 2.29. The van der Waals surface area contributed by atoms with Crippen molar-refractivity contribution in [2.45, 2.75) is 18.4 Å². The van der Waals surface area contributed by atoms with Crippen molar-refractivity contribution in [3.8, 4) is 11.1 Å². The van der Waals surface area contributed by atoms with Gasteiger partial charge in [-0.3, -0.25) is 9.78 Å². The van der Waals surface area contributed by atoms with Crippen LogP contribution in [0.1, 0.15) is 33.0 Å². The molecule has 0 saturated heterocycles. The number of primary amides is 1. The summed E-state index contributed by atoms with van der Waals surface area (Å²) < 4.78 is 5.42. The van der Waals surface area contributed by atoms with Gasteiger partial charge < -0.3 is 20.9 Å². The van der Waals surface area contributed by atoms with Crippen LogP contribution in [0.2, 0.25) is 0 Å². The van der Waals surface area contributed by atoms with Crippen LogP contribution >= 0.6 is 0 Å². The molecule has 1 aliphatic rings. The number of amides is 2. The molecule has 1 aliphatic carbocycles. The first-order valence-electron chi connectivity index (χ1n) is 10.0. The van der Waals surface area contributed by atoms with Gasteiger partial charge in [0.15, 0.2) is 0 Å². The molecule has 8 heteroatoms. The number of nitrogens with two attached hydrogens (primary N) is 1. The Morgan fingerprint density at radius 1 is 1.03 bits per heavy atom. The Morgan fingerprint density at radius 2 is 1.66 bits per heavy atom. The van der Waals surface area contributed by atoms with E-state index in [0.29, 0.717) is 5.56 Å². The Balaban J connectivity index is 1.43. The van der Waals surface area contributed by atoms with Crippen LogP contribution < -0.4 is 11.1 Å². The van der Waals surface area contributed by atoms with Crippen molar-refractivity contribution >= 4 is 18.0 Å². The number of fused-ring (bicyclic) bond motifs is 3. The normalized spacial score (nSPS) is 13.0. The predicted molar refractivity (Wildman–Crippen MR) is 116 cm³/mol. The third-order valence-corrected chi connectivity index (χ3v) is 5.45. The van der Waals surface area contributed by atoms with Gasteiger partial charge in [0.25, 0.3) is 0 Å². The van der Waals surface area contributed by atoms with Crippen molar-refractivity contribution in [2.75, 3.05) is 6.61 Å². The fourth-order valence-electron chi connectivity index (χ4n) is 3.95. The number of carboxylic acids is 1. The number of pyridine rings is 1. The summed E-state index contributed by atoms with van der Waals surface area (Å²) in [7, 11) is 0. The molecule has 0 fully saturated rings. The summed E-state index contributed by atoms with van der Waals surface area (Å²) in [6.45, 7) is 0.0743. The Bertz CT molecular complexity index is 1150. The fraction of sp³-hybridized carbons (Fsp3) is 0.167. The molecule has 0 saturated carbocycles. The molecule has 8 nitrogen and oxygen atoms in total. The zero-order valence-electron chi connectivity index (χ0n) is 17.0. The maximum Gasteiger partial charge on any atom is 0.407 e. The van der Waals surface area contributed by atoms with Gasteiger partial charge in [0.1, 0.15) is 12.6 Å². The number of aromatic nitrogens is 1. The molecule has 2 amide bonds. The van der Waals surface area contributed by atoms with E-state index in [1.807, 2.05) is 48.5 Å². The minimum Gasteiger partial charge on any atom is -0.480 e. The zero-order chi connectivity index (χ0) is 22.7. The summed E-state index contributed by atoms with van der Waals surface area (Å²) in [5.74, 6) is -2.04. The molecule has 32 heavy (non-hydrogen) atoms. The number of nitrogens with zero attached hydrogens (tertiary/aromatic N) is 1. The second-order valence-electron chi connectivity index (χ2n) is 7.51. The zero-order valence-corrected chi connectivity index (χ0v) is 17.0. The lowest BCUT2D eigenvalue weighted by atomic mass is 9.98. The molecular formula is C24H21N3O5. The van der Waals surface area contributed by atoms with Crippen LogP contribution in [0.4, 0.5) is 4.79 Å². The highest BCUT2D eigenvalue weighted by molar-refractivity contribution is 5.92. The van der Waals surface area contributed by atoms with Crippen molar-refractivity contribution in [1.82, 2.24) is 10.3 Å². The SMILES string of the molecule is NC(=O)c1cncc(C[C@H](NC(=O)OCC2c3ccccc3-c3ccccc32)C(=O)O)c1. The molecule has 1 heterocycles. The number of alkyl carbamates (subject to hydrolysis) is 1. The summed E-state index contributed by atoms with van der Waals surface area (Å²) in [5.41, 5.74) is 10.2. The van der Waals surface area contributed by atoms with Gasteiger partial charge in [0.2, 0.25) is 5.91 Å².